The molecule has 4 unspecified atom stereocenters. The van der Waals surface area contributed by atoms with Crippen LogP contribution in [0.2, 0.25) is 0 Å². The topological polar surface area (TPSA) is 72.5 Å². The van der Waals surface area contributed by atoms with Crippen molar-refractivity contribution in [2.75, 3.05) is 19.1 Å². The fourth-order valence-corrected chi connectivity index (χ4v) is 6.55. The predicted molar refractivity (Wildman–Crippen MR) is 141 cm³/mol. The van der Waals surface area contributed by atoms with E-state index in [2.05, 4.69) is 5.32 Å². The van der Waals surface area contributed by atoms with Crippen LogP contribution in [0.3, 0.4) is 0 Å². The number of benzene rings is 2. The first-order chi connectivity index (χ1) is 16.9. The maximum atomic E-state index is 14.2. The van der Waals surface area contributed by atoms with E-state index in [0.717, 1.165) is 9.75 Å². The Bertz CT molecular complexity index is 1190. The molecular formula is C28H29NO4S2. The molecule has 1 saturated heterocycles. The summed E-state index contributed by atoms with van der Waals surface area (Å²) in [5, 5.41) is 3.50. The van der Waals surface area contributed by atoms with Gasteiger partial charge in [0.1, 0.15) is 5.54 Å². The van der Waals surface area contributed by atoms with Crippen molar-refractivity contribution in [2.45, 2.75) is 24.9 Å². The van der Waals surface area contributed by atoms with E-state index in [1.54, 1.807) is 59.5 Å². The van der Waals surface area contributed by atoms with Gasteiger partial charge in [0, 0.05) is 20.9 Å². The normalized spacial score (nSPS) is 23.7. The van der Waals surface area contributed by atoms with Gasteiger partial charge in [-0.1, -0.05) is 60.7 Å². The lowest BCUT2D eigenvalue weighted by Crippen LogP contribution is -2.56. The second-order valence-electron chi connectivity index (χ2n) is 8.74. The maximum Gasteiger partial charge on any atom is 0.326 e. The van der Waals surface area contributed by atoms with Gasteiger partial charge in [0.25, 0.3) is 0 Å². The van der Waals surface area contributed by atoms with Crippen molar-refractivity contribution in [2.24, 2.45) is 11.8 Å². The van der Waals surface area contributed by atoms with Gasteiger partial charge in [0.2, 0.25) is 0 Å². The molecule has 1 aromatic heterocycles. The molecule has 4 atom stereocenters. The van der Waals surface area contributed by atoms with Crippen LogP contribution in [-0.4, -0.2) is 42.2 Å². The molecule has 2 aromatic carbocycles. The minimum absolute atomic E-state index is 0.154. The van der Waals surface area contributed by atoms with Crippen molar-refractivity contribution in [1.82, 2.24) is 5.32 Å². The van der Waals surface area contributed by atoms with Gasteiger partial charge < -0.3 is 4.74 Å². The molecule has 2 heterocycles. The number of methoxy groups -OCH3 is 1. The summed E-state index contributed by atoms with van der Waals surface area (Å²) in [7, 11) is 1.34. The second-order valence-corrected chi connectivity index (χ2v) is 11.0. The second kappa shape index (κ2) is 10.9. The van der Waals surface area contributed by atoms with Crippen molar-refractivity contribution in [3.05, 3.63) is 93.7 Å². The Kier molecular flexibility index (Phi) is 7.89. The number of thiophene rings is 1. The van der Waals surface area contributed by atoms with Crippen LogP contribution in [0.1, 0.15) is 42.9 Å². The van der Waals surface area contributed by atoms with Gasteiger partial charge >= 0.3 is 5.97 Å². The monoisotopic (exact) mass is 507 g/mol. The van der Waals surface area contributed by atoms with Gasteiger partial charge in [-0.15, -0.1) is 11.3 Å². The fraction of sp³-hybridized carbons (Fsp3) is 0.321. The zero-order valence-electron chi connectivity index (χ0n) is 20.0. The van der Waals surface area contributed by atoms with Crippen molar-refractivity contribution < 1.29 is 19.1 Å². The van der Waals surface area contributed by atoms with Crippen LogP contribution in [0, 0.1) is 18.8 Å². The van der Waals surface area contributed by atoms with Gasteiger partial charge in [0.15, 0.2) is 11.6 Å². The number of carbonyl (C=O) groups is 3. The van der Waals surface area contributed by atoms with Crippen molar-refractivity contribution in [3.8, 4) is 0 Å². The highest BCUT2D eigenvalue weighted by Gasteiger charge is 2.63. The molecule has 0 aliphatic carbocycles. The Labute approximate surface area is 214 Å². The smallest absolute Gasteiger partial charge is 0.326 e. The number of ether oxygens (including phenoxy) is 1. The third-order valence-electron chi connectivity index (χ3n) is 6.68. The number of ketones is 2. The number of Topliss-reactive ketones (excluding diaryl/α,β-unsaturated/α-hetero) is 2. The molecular weight excluding hydrogens is 478 g/mol. The highest BCUT2D eigenvalue weighted by molar-refractivity contribution is 7.98. The van der Waals surface area contributed by atoms with E-state index in [1.807, 2.05) is 49.6 Å². The maximum absolute atomic E-state index is 14.2. The Balaban J connectivity index is 1.94. The minimum atomic E-state index is -1.33. The van der Waals surface area contributed by atoms with Crippen LogP contribution in [0.5, 0.6) is 0 Å². The molecule has 35 heavy (non-hydrogen) atoms. The van der Waals surface area contributed by atoms with Gasteiger partial charge in [-0.05, 0) is 37.5 Å². The molecule has 0 saturated carbocycles. The average Bonchev–Trinajstić information content (AvgIpc) is 3.49. The van der Waals surface area contributed by atoms with E-state index in [-0.39, 0.29) is 11.6 Å². The number of hydrogen-bond donors (Lipinski definition) is 1. The molecule has 1 N–H and O–H groups in total. The summed E-state index contributed by atoms with van der Waals surface area (Å²) >= 11 is 3.16. The third kappa shape index (κ3) is 4.85. The fourth-order valence-electron chi connectivity index (χ4n) is 5.05. The lowest BCUT2D eigenvalue weighted by molar-refractivity contribution is -0.149. The van der Waals surface area contributed by atoms with Crippen LogP contribution in [0.4, 0.5) is 0 Å². The summed E-state index contributed by atoms with van der Waals surface area (Å²) in [4.78, 5) is 43.8. The molecule has 7 heteroatoms. The lowest BCUT2D eigenvalue weighted by atomic mass is 9.70. The van der Waals surface area contributed by atoms with E-state index in [9.17, 15) is 14.4 Å². The number of thioether (sulfide) groups is 1. The standard InChI is InChI=1S/C28H29NO4S2/c1-18-14-15-21(35-18)24-22(25(30)19-10-6-4-7-11-19)23(26(31)20-12-8-5-9-13-20)28(29-24,16-17-34-3)27(32)33-2/h4-15,22-24,29H,16-17H2,1-3H3. The molecule has 182 valence electrons. The van der Waals surface area contributed by atoms with Crippen LogP contribution in [0.25, 0.3) is 0 Å². The quantitative estimate of drug-likeness (QED) is 0.310. The third-order valence-corrected chi connectivity index (χ3v) is 8.38. The summed E-state index contributed by atoms with van der Waals surface area (Å²) in [5.41, 5.74) is -0.331. The predicted octanol–water partition coefficient (Wildman–Crippen LogP) is 5.36. The van der Waals surface area contributed by atoms with Crippen molar-refractivity contribution >= 4 is 40.6 Å². The van der Waals surface area contributed by atoms with Gasteiger partial charge in [-0.2, -0.15) is 11.8 Å². The van der Waals surface area contributed by atoms with Crippen LogP contribution in [0.15, 0.2) is 72.8 Å². The Morgan fingerprint density at radius 3 is 2.06 bits per heavy atom. The lowest BCUT2D eigenvalue weighted by Gasteiger charge is -2.33. The highest BCUT2D eigenvalue weighted by Crippen LogP contribution is 2.49. The molecule has 1 aliphatic heterocycles. The SMILES string of the molecule is COC(=O)C1(CCSC)NC(c2ccc(C)s2)C(C(=O)c2ccccc2)C1C(=O)c1ccccc1. The summed E-state index contributed by atoms with van der Waals surface area (Å²) < 4.78 is 5.30. The number of nitrogens with one attached hydrogen (secondary N) is 1. The number of esters is 1. The number of carbonyl (C=O) groups excluding carboxylic acids is 3. The molecule has 0 bridgehead atoms. The van der Waals surface area contributed by atoms with Gasteiger partial charge in [0.05, 0.1) is 25.0 Å². The summed E-state index contributed by atoms with van der Waals surface area (Å²) in [6.45, 7) is 2.00. The summed E-state index contributed by atoms with van der Waals surface area (Å²) in [6.07, 6.45) is 2.32. The highest BCUT2D eigenvalue weighted by atomic mass is 32.2. The van der Waals surface area contributed by atoms with Gasteiger partial charge in [-0.3, -0.25) is 19.7 Å². The van der Waals surface area contributed by atoms with Gasteiger partial charge in [-0.25, -0.2) is 0 Å². The number of hydrogen-bond acceptors (Lipinski definition) is 7. The minimum Gasteiger partial charge on any atom is -0.468 e. The zero-order chi connectivity index (χ0) is 25.0. The molecule has 1 fully saturated rings. The molecule has 0 amide bonds. The number of aryl methyl sites for hydroxylation is 1. The molecule has 5 nitrogen and oxygen atoms in total. The zero-order valence-corrected chi connectivity index (χ0v) is 21.7. The van der Waals surface area contributed by atoms with E-state index < -0.39 is 29.4 Å². The largest absolute Gasteiger partial charge is 0.468 e. The molecule has 0 spiro atoms. The molecule has 3 aromatic rings. The Morgan fingerprint density at radius 2 is 1.54 bits per heavy atom. The first kappa shape index (κ1) is 25.4. The molecule has 4 rings (SSSR count). The van der Waals surface area contributed by atoms with E-state index >= 15 is 0 Å². The first-order valence-electron chi connectivity index (χ1n) is 11.5. The Hall–Kier alpha value is -2.74. The Morgan fingerprint density at radius 1 is 0.943 bits per heavy atom. The van der Waals surface area contributed by atoms with Crippen molar-refractivity contribution in [3.63, 3.8) is 0 Å². The van der Waals surface area contributed by atoms with Crippen LogP contribution >= 0.6 is 23.1 Å². The molecule has 1 aliphatic rings. The van der Waals surface area contributed by atoms with Crippen LogP contribution in [-0.2, 0) is 9.53 Å². The number of rotatable bonds is 9. The molecule has 0 radical (unpaired) electrons. The first-order valence-corrected chi connectivity index (χ1v) is 13.7. The summed E-state index contributed by atoms with van der Waals surface area (Å²) in [5.74, 6) is -1.97. The van der Waals surface area contributed by atoms with Crippen molar-refractivity contribution in [1.29, 1.82) is 0 Å². The van der Waals surface area contributed by atoms with E-state index in [4.69, 9.17) is 4.74 Å². The van der Waals surface area contributed by atoms with E-state index in [0.29, 0.717) is 23.3 Å². The van der Waals surface area contributed by atoms with Crippen LogP contribution < -0.4 is 5.32 Å². The van der Waals surface area contributed by atoms with E-state index in [1.165, 1.54) is 7.11 Å². The average molecular weight is 508 g/mol. The summed E-state index contributed by atoms with van der Waals surface area (Å²) in [6, 6.07) is 21.4.